The highest BCUT2D eigenvalue weighted by Crippen LogP contribution is 2.48. The molecule has 0 amide bonds. The Labute approximate surface area is 257 Å². The molecule has 0 saturated carbocycles. The molecule has 3 heterocycles. The van der Waals surface area contributed by atoms with Crippen LogP contribution in [0.15, 0.2) is 107 Å². The summed E-state index contributed by atoms with van der Waals surface area (Å²) in [5.74, 6) is 2.18. The second-order valence-corrected chi connectivity index (χ2v) is 12.6. The number of aliphatic imine (C=N–C) groups is 2. The van der Waals surface area contributed by atoms with Crippen molar-refractivity contribution in [2.24, 2.45) is 9.98 Å². The monoisotopic (exact) mass is 584 g/mol. The summed E-state index contributed by atoms with van der Waals surface area (Å²) in [6, 6.07) is 33.2. The first-order valence-electron chi connectivity index (χ1n) is 14.5. The predicted molar refractivity (Wildman–Crippen MR) is 178 cm³/mol. The Balaban J connectivity index is 1.47. The SMILES string of the molecule is Cc1ccc(NC2=Nc3ccccc3N3C2=Nc2c(c(C)nn2-c2ccccc2)C3c2ccc(C(C)(C)C)cc2)cc1Cl. The molecule has 214 valence electrons. The van der Waals surface area contributed by atoms with E-state index in [1.807, 2.05) is 60.1 Å². The van der Waals surface area contributed by atoms with Crippen molar-refractivity contribution in [2.75, 3.05) is 10.2 Å². The van der Waals surface area contributed by atoms with Gasteiger partial charge in [-0.05, 0) is 72.4 Å². The Kier molecular flexibility index (Phi) is 6.47. The van der Waals surface area contributed by atoms with Gasteiger partial charge in [-0.15, -0.1) is 0 Å². The van der Waals surface area contributed by atoms with Crippen molar-refractivity contribution in [3.8, 4) is 5.69 Å². The lowest BCUT2D eigenvalue weighted by atomic mass is 9.85. The van der Waals surface area contributed by atoms with Crippen LogP contribution in [0.4, 0.5) is 22.9 Å². The lowest BCUT2D eigenvalue weighted by Gasteiger charge is -2.40. The average molecular weight is 585 g/mol. The van der Waals surface area contributed by atoms with Crippen molar-refractivity contribution >= 4 is 46.2 Å². The summed E-state index contributed by atoms with van der Waals surface area (Å²) in [6.45, 7) is 10.8. The fraction of sp³-hybridized carbons (Fsp3) is 0.194. The number of hydrogen-bond donors (Lipinski definition) is 1. The van der Waals surface area contributed by atoms with Gasteiger partial charge in [0.05, 0.1) is 28.8 Å². The summed E-state index contributed by atoms with van der Waals surface area (Å²) < 4.78 is 1.95. The topological polar surface area (TPSA) is 57.8 Å². The molecular weight excluding hydrogens is 552 g/mol. The molecule has 5 aromatic rings. The molecule has 4 aromatic carbocycles. The third-order valence-corrected chi connectivity index (χ3v) is 8.57. The maximum Gasteiger partial charge on any atom is 0.179 e. The van der Waals surface area contributed by atoms with Crippen molar-refractivity contribution in [3.05, 3.63) is 130 Å². The molecule has 6 nitrogen and oxygen atoms in total. The van der Waals surface area contributed by atoms with E-state index in [2.05, 4.69) is 86.4 Å². The summed E-state index contributed by atoms with van der Waals surface area (Å²) in [4.78, 5) is 12.7. The molecule has 2 aliphatic rings. The normalized spacial score (nSPS) is 15.7. The van der Waals surface area contributed by atoms with Crippen LogP contribution < -0.4 is 10.2 Å². The molecule has 0 aliphatic carbocycles. The summed E-state index contributed by atoms with van der Waals surface area (Å²) in [6.07, 6.45) is 0. The number of aryl methyl sites for hydroxylation is 2. The number of halogens is 1. The lowest BCUT2D eigenvalue weighted by molar-refractivity contribution is 0.589. The van der Waals surface area contributed by atoms with Gasteiger partial charge in [-0.1, -0.05) is 93.0 Å². The predicted octanol–water partition coefficient (Wildman–Crippen LogP) is 9.24. The zero-order valence-electron chi connectivity index (χ0n) is 24.9. The molecule has 43 heavy (non-hydrogen) atoms. The number of amidine groups is 2. The van der Waals surface area contributed by atoms with Crippen molar-refractivity contribution in [3.63, 3.8) is 0 Å². The van der Waals surface area contributed by atoms with Crippen molar-refractivity contribution < 1.29 is 0 Å². The van der Waals surface area contributed by atoms with Gasteiger partial charge in [0.25, 0.3) is 0 Å². The number of rotatable bonds is 3. The molecule has 2 aliphatic heterocycles. The van der Waals surface area contributed by atoms with E-state index in [-0.39, 0.29) is 11.5 Å². The van der Waals surface area contributed by atoms with E-state index in [4.69, 9.17) is 26.7 Å². The molecule has 0 spiro atoms. The minimum absolute atomic E-state index is 0.0494. The van der Waals surface area contributed by atoms with Gasteiger partial charge in [0.2, 0.25) is 0 Å². The van der Waals surface area contributed by atoms with Crippen LogP contribution >= 0.6 is 11.6 Å². The Morgan fingerprint density at radius 3 is 2.26 bits per heavy atom. The molecule has 0 radical (unpaired) electrons. The van der Waals surface area contributed by atoms with Gasteiger partial charge in [0, 0.05) is 16.3 Å². The quantitative estimate of drug-likeness (QED) is 0.230. The fourth-order valence-corrected chi connectivity index (χ4v) is 6.02. The standard InChI is InChI=1S/C36H33ClN6/c1-22-15-20-26(21-28(22)37)38-33-35-40-34-31(23(2)41-43(34)27-11-7-6-8-12-27)32(24-16-18-25(19-17-24)36(3,4)5)42(35)30-14-10-9-13-29(30)39-33/h6-21,32H,1-5H3,(H,38,39). The Bertz CT molecular complexity index is 1910. The number of hydrogen-bond acceptors (Lipinski definition) is 5. The van der Waals surface area contributed by atoms with Gasteiger partial charge in [-0.2, -0.15) is 5.10 Å². The summed E-state index contributed by atoms with van der Waals surface area (Å²) >= 11 is 6.52. The minimum atomic E-state index is -0.177. The molecule has 1 unspecified atom stereocenters. The van der Waals surface area contributed by atoms with Crippen molar-refractivity contribution in [1.82, 2.24) is 9.78 Å². The van der Waals surface area contributed by atoms with E-state index in [0.717, 1.165) is 56.8 Å². The summed E-state index contributed by atoms with van der Waals surface area (Å²) in [7, 11) is 0. The molecule has 0 bridgehead atoms. The van der Waals surface area contributed by atoms with Gasteiger partial charge in [0.15, 0.2) is 17.5 Å². The van der Waals surface area contributed by atoms with E-state index in [9.17, 15) is 0 Å². The molecule has 0 fully saturated rings. The van der Waals surface area contributed by atoms with Crippen LogP contribution in [0.5, 0.6) is 0 Å². The first-order chi connectivity index (χ1) is 20.7. The molecular formula is C36H33ClN6. The molecule has 7 heteroatoms. The van der Waals surface area contributed by atoms with E-state index in [1.165, 1.54) is 5.56 Å². The van der Waals surface area contributed by atoms with Crippen LogP contribution in [-0.4, -0.2) is 21.5 Å². The first kappa shape index (κ1) is 27.2. The van der Waals surface area contributed by atoms with Crippen LogP contribution in [0, 0.1) is 13.8 Å². The van der Waals surface area contributed by atoms with Crippen molar-refractivity contribution in [2.45, 2.75) is 46.1 Å². The lowest BCUT2D eigenvalue weighted by Crippen LogP contribution is -2.46. The maximum atomic E-state index is 6.52. The number of nitrogens with one attached hydrogen (secondary N) is 1. The minimum Gasteiger partial charge on any atom is -0.337 e. The first-order valence-corrected chi connectivity index (χ1v) is 14.9. The molecule has 0 saturated heterocycles. The second-order valence-electron chi connectivity index (χ2n) is 12.2. The highest BCUT2D eigenvalue weighted by Gasteiger charge is 2.41. The number of nitrogens with zero attached hydrogens (tertiary/aromatic N) is 5. The molecule has 1 N–H and O–H groups in total. The van der Waals surface area contributed by atoms with E-state index < -0.39 is 0 Å². The highest BCUT2D eigenvalue weighted by molar-refractivity contribution is 6.51. The van der Waals surface area contributed by atoms with Gasteiger partial charge in [-0.25, -0.2) is 14.7 Å². The third-order valence-electron chi connectivity index (χ3n) is 8.17. The average Bonchev–Trinajstić information content (AvgIpc) is 3.34. The van der Waals surface area contributed by atoms with Crippen LogP contribution in [-0.2, 0) is 5.41 Å². The summed E-state index contributed by atoms with van der Waals surface area (Å²) in [5, 5.41) is 9.29. The van der Waals surface area contributed by atoms with Gasteiger partial charge in [-0.3, -0.25) is 0 Å². The smallest absolute Gasteiger partial charge is 0.179 e. The maximum absolute atomic E-state index is 6.52. The second kappa shape index (κ2) is 10.2. The zero-order valence-corrected chi connectivity index (χ0v) is 25.7. The number of benzene rings is 4. The van der Waals surface area contributed by atoms with Crippen LogP contribution in [0.3, 0.4) is 0 Å². The Hall–Kier alpha value is -4.68. The Morgan fingerprint density at radius 1 is 0.814 bits per heavy atom. The van der Waals surface area contributed by atoms with E-state index >= 15 is 0 Å². The van der Waals surface area contributed by atoms with E-state index in [1.54, 1.807) is 0 Å². The highest BCUT2D eigenvalue weighted by atomic mass is 35.5. The third kappa shape index (κ3) is 4.72. The van der Waals surface area contributed by atoms with E-state index in [0.29, 0.717) is 10.9 Å². The molecule has 7 rings (SSSR count). The number of para-hydroxylation sites is 3. The number of fused-ring (bicyclic) bond motifs is 4. The number of anilines is 2. The van der Waals surface area contributed by atoms with Crippen molar-refractivity contribution in [1.29, 1.82) is 0 Å². The molecule has 1 aromatic heterocycles. The zero-order chi connectivity index (χ0) is 29.9. The van der Waals surface area contributed by atoms with Gasteiger partial charge in [0.1, 0.15) is 0 Å². The van der Waals surface area contributed by atoms with Gasteiger partial charge < -0.3 is 10.2 Å². The van der Waals surface area contributed by atoms with Crippen LogP contribution in [0.2, 0.25) is 5.02 Å². The van der Waals surface area contributed by atoms with Gasteiger partial charge >= 0.3 is 0 Å². The largest absolute Gasteiger partial charge is 0.337 e. The van der Waals surface area contributed by atoms with Crippen LogP contribution in [0.1, 0.15) is 54.8 Å². The Morgan fingerprint density at radius 2 is 1.53 bits per heavy atom. The van der Waals surface area contributed by atoms with Crippen LogP contribution in [0.25, 0.3) is 5.69 Å². The summed E-state index contributed by atoms with van der Waals surface area (Å²) in [5.41, 5.74) is 9.20. The fourth-order valence-electron chi connectivity index (χ4n) is 5.84. The molecule has 1 atom stereocenters. The number of aromatic nitrogens is 2.